The number of carbonyl (C=O) groups excluding carboxylic acids is 3. The molecular formula is C22H17N5O3S. The zero-order valence-electron chi connectivity index (χ0n) is 16.5. The summed E-state index contributed by atoms with van der Waals surface area (Å²) >= 11 is 0.981. The van der Waals surface area contributed by atoms with Gasteiger partial charge in [-0.3, -0.25) is 14.4 Å². The molecule has 0 saturated carbocycles. The maximum atomic E-state index is 13.0. The van der Waals surface area contributed by atoms with E-state index < -0.39 is 11.2 Å². The fourth-order valence-corrected chi connectivity index (χ4v) is 4.04. The Hall–Kier alpha value is -4.08. The van der Waals surface area contributed by atoms with Gasteiger partial charge in [0, 0.05) is 24.7 Å². The van der Waals surface area contributed by atoms with Crippen LogP contribution in [0.4, 0.5) is 17.1 Å². The molecule has 2 aromatic carbocycles. The van der Waals surface area contributed by atoms with Gasteiger partial charge in [0.25, 0.3) is 0 Å². The number of hydrogen-bond donors (Lipinski definition) is 2. The second-order valence-corrected chi connectivity index (χ2v) is 7.74. The lowest BCUT2D eigenvalue weighted by Gasteiger charge is -2.17. The minimum atomic E-state index is -0.787. The zero-order chi connectivity index (χ0) is 22.4. The van der Waals surface area contributed by atoms with Crippen molar-refractivity contribution in [2.75, 3.05) is 15.5 Å². The molecule has 1 aliphatic heterocycles. The SMILES string of the molecule is CC(=O)Nc1ccc(N2C(=O)C[C@H](SC(Nc3ccccc3)=C(C#N)C#N)C2=O)cc1. The van der Waals surface area contributed by atoms with E-state index in [9.17, 15) is 24.9 Å². The van der Waals surface area contributed by atoms with E-state index in [0.717, 1.165) is 16.7 Å². The Kier molecular flexibility index (Phi) is 6.71. The first-order chi connectivity index (χ1) is 14.9. The number of hydrogen-bond acceptors (Lipinski definition) is 7. The average molecular weight is 431 g/mol. The van der Waals surface area contributed by atoms with Gasteiger partial charge in [0.05, 0.1) is 10.9 Å². The second-order valence-electron chi connectivity index (χ2n) is 6.52. The fourth-order valence-electron chi connectivity index (χ4n) is 2.94. The molecule has 2 N–H and O–H groups in total. The average Bonchev–Trinajstić information content (AvgIpc) is 3.03. The second kappa shape index (κ2) is 9.61. The summed E-state index contributed by atoms with van der Waals surface area (Å²) in [6.07, 6.45) is -0.0684. The minimum absolute atomic E-state index is 0.0684. The quantitative estimate of drug-likeness (QED) is 0.530. The molecule has 1 saturated heterocycles. The molecule has 0 spiro atoms. The van der Waals surface area contributed by atoms with Crippen molar-refractivity contribution in [2.45, 2.75) is 18.6 Å². The summed E-state index contributed by atoms with van der Waals surface area (Å²) in [4.78, 5) is 37.8. The van der Waals surface area contributed by atoms with Crippen LogP contribution in [0.5, 0.6) is 0 Å². The van der Waals surface area contributed by atoms with Crippen LogP contribution in [0.1, 0.15) is 13.3 Å². The molecule has 0 bridgehead atoms. The summed E-state index contributed by atoms with van der Waals surface area (Å²) in [5.41, 5.74) is 1.41. The van der Waals surface area contributed by atoms with Crippen LogP contribution < -0.4 is 15.5 Å². The van der Waals surface area contributed by atoms with Crippen molar-refractivity contribution in [3.05, 3.63) is 65.2 Å². The number of allylic oxidation sites excluding steroid dienone is 1. The van der Waals surface area contributed by atoms with E-state index in [-0.39, 0.29) is 28.8 Å². The standard InChI is InChI=1S/C22H17N5O3S/c1-14(28)25-17-7-9-18(10-8-17)27-20(29)11-19(22(27)30)31-21(15(12-23)13-24)26-16-5-3-2-4-6-16/h2-10,19,26H,11H2,1H3,(H,25,28)/t19-/m0/s1. The lowest BCUT2D eigenvalue weighted by molar-refractivity contribution is -0.121. The molecule has 3 rings (SSSR count). The first-order valence-electron chi connectivity index (χ1n) is 9.20. The van der Waals surface area contributed by atoms with E-state index >= 15 is 0 Å². The van der Waals surface area contributed by atoms with Crippen LogP contribution in [0.15, 0.2) is 65.2 Å². The normalized spacial score (nSPS) is 15.1. The van der Waals surface area contributed by atoms with E-state index in [0.29, 0.717) is 17.1 Å². The molecule has 3 amide bonds. The van der Waals surface area contributed by atoms with Gasteiger partial charge < -0.3 is 10.6 Å². The van der Waals surface area contributed by atoms with E-state index in [1.807, 2.05) is 18.2 Å². The Morgan fingerprint density at radius 3 is 2.19 bits per heavy atom. The third-order valence-corrected chi connectivity index (χ3v) is 5.49. The molecule has 1 fully saturated rings. The van der Waals surface area contributed by atoms with Gasteiger partial charge in [-0.25, -0.2) is 4.90 Å². The number of nitrogens with one attached hydrogen (secondary N) is 2. The number of amides is 3. The number of imide groups is 1. The van der Waals surface area contributed by atoms with Crippen LogP contribution in [-0.4, -0.2) is 23.0 Å². The van der Waals surface area contributed by atoms with Gasteiger partial charge in [0.15, 0.2) is 5.57 Å². The molecule has 1 atom stereocenters. The van der Waals surface area contributed by atoms with Gasteiger partial charge >= 0.3 is 0 Å². The van der Waals surface area contributed by atoms with Gasteiger partial charge in [0.1, 0.15) is 17.2 Å². The van der Waals surface area contributed by atoms with Crippen LogP contribution in [0.3, 0.4) is 0 Å². The molecule has 31 heavy (non-hydrogen) atoms. The highest BCUT2D eigenvalue weighted by molar-refractivity contribution is 8.04. The lowest BCUT2D eigenvalue weighted by Crippen LogP contribution is -2.31. The molecule has 154 valence electrons. The summed E-state index contributed by atoms with van der Waals surface area (Å²) in [6.45, 7) is 1.38. The van der Waals surface area contributed by atoms with Crippen molar-refractivity contribution >= 4 is 46.5 Å². The lowest BCUT2D eigenvalue weighted by atomic mass is 10.2. The van der Waals surface area contributed by atoms with E-state index in [2.05, 4.69) is 10.6 Å². The van der Waals surface area contributed by atoms with Crippen LogP contribution in [0, 0.1) is 22.7 Å². The number of carbonyl (C=O) groups is 3. The highest BCUT2D eigenvalue weighted by atomic mass is 32.2. The molecule has 1 aliphatic rings. The molecule has 9 heteroatoms. The summed E-state index contributed by atoms with van der Waals surface area (Å²) in [5, 5.41) is 23.7. The number of thioether (sulfide) groups is 1. The van der Waals surface area contributed by atoms with Crippen LogP contribution in [-0.2, 0) is 14.4 Å². The number of nitriles is 2. The Morgan fingerprint density at radius 2 is 1.61 bits per heavy atom. The molecule has 2 aromatic rings. The Labute approximate surface area is 183 Å². The first-order valence-corrected chi connectivity index (χ1v) is 10.1. The molecule has 0 radical (unpaired) electrons. The summed E-state index contributed by atoms with van der Waals surface area (Å²) in [6, 6.07) is 18.9. The molecule has 1 heterocycles. The fraction of sp³-hybridized carbons (Fsp3) is 0.136. The van der Waals surface area contributed by atoms with Gasteiger partial charge in [-0.2, -0.15) is 10.5 Å². The highest BCUT2D eigenvalue weighted by Gasteiger charge is 2.41. The van der Waals surface area contributed by atoms with Crippen LogP contribution >= 0.6 is 11.8 Å². The third kappa shape index (κ3) is 5.10. The maximum absolute atomic E-state index is 13.0. The van der Waals surface area contributed by atoms with E-state index in [1.165, 1.54) is 6.92 Å². The van der Waals surface area contributed by atoms with Crippen molar-refractivity contribution in [3.63, 3.8) is 0 Å². The highest BCUT2D eigenvalue weighted by Crippen LogP contribution is 2.35. The Morgan fingerprint density at radius 1 is 1.00 bits per heavy atom. The van der Waals surface area contributed by atoms with E-state index in [4.69, 9.17) is 0 Å². The van der Waals surface area contributed by atoms with Gasteiger partial charge in [-0.1, -0.05) is 30.0 Å². The Bertz CT molecular complexity index is 1110. The van der Waals surface area contributed by atoms with Crippen molar-refractivity contribution in [2.24, 2.45) is 0 Å². The molecular weight excluding hydrogens is 414 g/mol. The molecule has 8 nitrogen and oxygen atoms in total. The molecule has 0 aromatic heterocycles. The van der Waals surface area contributed by atoms with Crippen molar-refractivity contribution in [1.29, 1.82) is 10.5 Å². The topological polar surface area (TPSA) is 126 Å². The number of benzene rings is 2. The summed E-state index contributed by atoms with van der Waals surface area (Å²) in [7, 11) is 0. The summed E-state index contributed by atoms with van der Waals surface area (Å²) < 4.78 is 0. The van der Waals surface area contributed by atoms with Gasteiger partial charge in [-0.05, 0) is 36.4 Å². The number of anilines is 3. The van der Waals surface area contributed by atoms with E-state index in [1.54, 1.807) is 48.5 Å². The van der Waals surface area contributed by atoms with Gasteiger partial charge in [-0.15, -0.1) is 0 Å². The maximum Gasteiger partial charge on any atom is 0.247 e. The van der Waals surface area contributed by atoms with Crippen molar-refractivity contribution in [1.82, 2.24) is 0 Å². The predicted octanol–water partition coefficient (Wildman–Crippen LogP) is 3.38. The van der Waals surface area contributed by atoms with Crippen molar-refractivity contribution in [3.8, 4) is 12.1 Å². The minimum Gasteiger partial charge on any atom is -0.349 e. The monoisotopic (exact) mass is 431 g/mol. The predicted molar refractivity (Wildman–Crippen MR) is 118 cm³/mol. The number of nitrogens with zero attached hydrogens (tertiary/aromatic N) is 3. The zero-order valence-corrected chi connectivity index (χ0v) is 17.3. The molecule has 0 aliphatic carbocycles. The third-order valence-electron chi connectivity index (χ3n) is 4.29. The van der Waals surface area contributed by atoms with Crippen molar-refractivity contribution < 1.29 is 14.4 Å². The van der Waals surface area contributed by atoms with Gasteiger partial charge in [0.2, 0.25) is 17.7 Å². The number of para-hydroxylation sites is 1. The largest absolute Gasteiger partial charge is 0.349 e. The number of rotatable bonds is 6. The van der Waals surface area contributed by atoms with Crippen LogP contribution in [0.25, 0.3) is 0 Å². The Balaban J connectivity index is 1.81. The molecule has 0 unspecified atom stereocenters. The summed E-state index contributed by atoms with van der Waals surface area (Å²) in [5.74, 6) is -1.05. The van der Waals surface area contributed by atoms with Crippen LogP contribution in [0.2, 0.25) is 0 Å². The smallest absolute Gasteiger partial charge is 0.247 e. The first kappa shape index (κ1) is 21.6.